The van der Waals surface area contributed by atoms with Gasteiger partial charge in [0.05, 0.1) is 7.11 Å². The van der Waals surface area contributed by atoms with Gasteiger partial charge in [0.25, 0.3) is 0 Å². The van der Waals surface area contributed by atoms with Crippen LogP contribution < -0.4 is 14.8 Å². The van der Waals surface area contributed by atoms with Crippen molar-refractivity contribution in [2.45, 2.75) is 18.9 Å². The van der Waals surface area contributed by atoms with Crippen LogP contribution in [0.3, 0.4) is 0 Å². The number of benzene rings is 1. The number of hydrogen-bond donors (Lipinski definition) is 1. The van der Waals surface area contributed by atoms with E-state index in [1.165, 1.54) is 12.8 Å². The Morgan fingerprint density at radius 3 is 2.80 bits per heavy atom. The summed E-state index contributed by atoms with van der Waals surface area (Å²) < 4.78 is 10.9. The Hall–Kier alpha value is -1.22. The van der Waals surface area contributed by atoms with E-state index in [4.69, 9.17) is 9.47 Å². The molecule has 1 aromatic carbocycles. The van der Waals surface area contributed by atoms with E-state index >= 15 is 0 Å². The van der Waals surface area contributed by atoms with Crippen LogP contribution in [0.2, 0.25) is 0 Å². The van der Waals surface area contributed by atoms with Crippen molar-refractivity contribution in [2.24, 2.45) is 0 Å². The topological polar surface area (TPSA) is 30.5 Å². The molecule has 1 aliphatic heterocycles. The summed E-state index contributed by atoms with van der Waals surface area (Å²) in [4.78, 5) is 0. The van der Waals surface area contributed by atoms with E-state index in [1.54, 1.807) is 7.11 Å². The highest BCUT2D eigenvalue weighted by atomic mass is 16.5. The molecule has 3 nitrogen and oxygen atoms in total. The minimum absolute atomic E-state index is 0.495. The van der Waals surface area contributed by atoms with Crippen LogP contribution in [0, 0.1) is 0 Å². The lowest BCUT2D eigenvalue weighted by atomic mass is 10.2. The lowest BCUT2D eigenvalue weighted by molar-refractivity contribution is 0.262. The zero-order valence-corrected chi connectivity index (χ0v) is 9.03. The van der Waals surface area contributed by atoms with Gasteiger partial charge in [-0.3, -0.25) is 0 Å². The van der Waals surface area contributed by atoms with Crippen molar-refractivity contribution in [3.8, 4) is 11.5 Å². The highest BCUT2D eigenvalue weighted by Gasteiger charge is 2.15. The Bertz CT molecular complexity index is 308. The van der Waals surface area contributed by atoms with Crippen LogP contribution in [0.1, 0.15) is 12.8 Å². The van der Waals surface area contributed by atoms with E-state index < -0.39 is 0 Å². The predicted molar refractivity (Wildman–Crippen MR) is 59.5 cm³/mol. The predicted octanol–water partition coefficient (Wildman–Crippen LogP) is 1.83. The number of methoxy groups -OCH3 is 1. The fraction of sp³-hybridized carbons (Fsp3) is 0.500. The Morgan fingerprint density at radius 2 is 2.13 bits per heavy atom. The van der Waals surface area contributed by atoms with E-state index in [2.05, 4.69) is 5.32 Å². The van der Waals surface area contributed by atoms with Gasteiger partial charge in [-0.15, -0.1) is 0 Å². The first-order valence-corrected chi connectivity index (χ1v) is 5.39. The largest absolute Gasteiger partial charge is 0.493 e. The molecule has 1 heterocycles. The molecule has 1 N–H and O–H groups in total. The Morgan fingerprint density at radius 1 is 1.33 bits per heavy atom. The Balaban J connectivity index is 1.91. The first kappa shape index (κ1) is 10.3. The summed E-state index contributed by atoms with van der Waals surface area (Å²) in [6, 6.07) is 8.25. The lowest BCUT2D eigenvalue weighted by Crippen LogP contribution is -2.28. The van der Waals surface area contributed by atoms with Crippen molar-refractivity contribution in [1.82, 2.24) is 5.32 Å². The van der Waals surface area contributed by atoms with E-state index in [1.807, 2.05) is 24.3 Å². The van der Waals surface area contributed by atoms with Gasteiger partial charge in [-0.25, -0.2) is 0 Å². The summed E-state index contributed by atoms with van der Waals surface area (Å²) in [6.45, 7) is 1.83. The van der Waals surface area contributed by atoms with Crippen LogP contribution >= 0.6 is 0 Å². The van der Waals surface area contributed by atoms with Crippen LogP contribution in [0.4, 0.5) is 0 Å². The molecular formula is C12H17NO2. The Kier molecular flexibility index (Phi) is 3.45. The van der Waals surface area contributed by atoms with Crippen molar-refractivity contribution >= 4 is 0 Å². The molecule has 0 amide bonds. The van der Waals surface area contributed by atoms with Crippen LogP contribution in [-0.2, 0) is 0 Å². The van der Waals surface area contributed by atoms with Gasteiger partial charge in [0.2, 0.25) is 0 Å². The van der Waals surface area contributed by atoms with E-state index in [-0.39, 0.29) is 0 Å². The van der Waals surface area contributed by atoms with Crippen LogP contribution in [0.25, 0.3) is 0 Å². The zero-order chi connectivity index (χ0) is 10.5. The minimum atomic E-state index is 0.495. The van der Waals surface area contributed by atoms with Crippen molar-refractivity contribution in [3.05, 3.63) is 24.3 Å². The number of ether oxygens (including phenoxy) is 2. The molecule has 1 fully saturated rings. The molecule has 3 heteroatoms. The van der Waals surface area contributed by atoms with Crippen molar-refractivity contribution < 1.29 is 9.47 Å². The monoisotopic (exact) mass is 207 g/mol. The highest BCUT2D eigenvalue weighted by Crippen LogP contribution is 2.26. The summed E-state index contributed by atoms with van der Waals surface area (Å²) in [7, 11) is 1.66. The number of rotatable bonds is 4. The Labute approximate surface area is 90.4 Å². The molecule has 82 valence electrons. The second kappa shape index (κ2) is 5.03. The van der Waals surface area contributed by atoms with Crippen molar-refractivity contribution in [1.29, 1.82) is 0 Å². The molecule has 1 unspecified atom stereocenters. The van der Waals surface area contributed by atoms with Gasteiger partial charge in [-0.2, -0.15) is 0 Å². The minimum Gasteiger partial charge on any atom is -0.493 e. The van der Waals surface area contributed by atoms with Crippen LogP contribution in [-0.4, -0.2) is 26.3 Å². The van der Waals surface area contributed by atoms with Gasteiger partial charge in [0.15, 0.2) is 11.5 Å². The summed E-state index contributed by atoms with van der Waals surface area (Å²) in [5, 5.41) is 3.40. The summed E-state index contributed by atoms with van der Waals surface area (Å²) in [5.74, 6) is 1.63. The third-order valence-corrected chi connectivity index (χ3v) is 2.67. The first-order chi connectivity index (χ1) is 7.40. The molecule has 1 atom stereocenters. The number of para-hydroxylation sites is 2. The van der Waals surface area contributed by atoms with Gasteiger partial charge < -0.3 is 14.8 Å². The fourth-order valence-electron chi connectivity index (χ4n) is 1.83. The maximum atomic E-state index is 5.72. The molecule has 2 rings (SSSR count). The molecule has 15 heavy (non-hydrogen) atoms. The summed E-state index contributed by atoms with van der Waals surface area (Å²) in [6.07, 6.45) is 2.45. The number of hydrogen-bond acceptors (Lipinski definition) is 3. The molecule has 0 bridgehead atoms. The number of nitrogens with one attached hydrogen (secondary N) is 1. The molecule has 0 saturated carbocycles. The maximum Gasteiger partial charge on any atom is 0.161 e. The summed E-state index contributed by atoms with van der Waals surface area (Å²) in [5.41, 5.74) is 0. The van der Waals surface area contributed by atoms with Crippen molar-refractivity contribution in [2.75, 3.05) is 20.3 Å². The summed E-state index contributed by atoms with van der Waals surface area (Å²) >= 11 is 0. The van der Waals surface area contributed by atoms with Gasteiger partial charge in [-0.1, -0.05) is 12.1 Å². The van der Waals surface area contributed by atoms with E-state index in [9.17, 15) is 0 Å². The molecule has 0 aromatic heterocycles. The van der Waals surface area contributed by atoms with E-state index in [0.29, 0.717) is 6.04 Å². The van der Waals surface area contributed by atoms with Gasteiger partial charge in [0.1, 0.15) is 6.61 Å². The molecular weight excluding hydrogens is 190 g/mol. The molecule has 1 aromatic rings. The lowest BCUT2D eigenvalue weighted by Gasteiger charge is -2.14. The highest BCUT2D eigenvalue weighted by molar-refractivity contribution is 5.39. The third kappa shape index (κ3) is 2.63. The second-order valence-electron chi connectivity index (χ2n) is 3.76. The SMILES string of the molecule is COc1ccccc1OCC1CCCN1. The first-order valence-electron chi connectivity index (χ1n) is 5.39. The van der Waals surface area contributed by atoms with E-state index in [0.717, 1.165) is 24.7 Å². The fourth-order valence-corrected chi connectivity index (χ4v) is 1.83. The third-order valence-electron chi connectivity index (χ3n) is 2.67. The normalized spacial score (nSPS) is 20.2. The molecule has 0 aliphatic carbocycles. The maximum absolute atomic E-state index is 5.72. The smallest absolute Gasteiger partial charge is 0.161 e. The average molecular weight is 207 g/mol. The molecule has 0 radical (unpaired) electrons. The van der Waals surface area contributed by atoms with Gasteiger partial charge in [-0.05, 0) is 31.5 Å². The van der Waals surface area contributed by atoms with Crippen LogP contribution in [0.5, 0.6) is 11.5 Å². The van der Waals surface area contributed by atoms with Crippen LogP contribution in [0.15, 0.2) is 24.3 Å². The van der Waals surface area contributed by atoms with Crippen molar-refractivity contribution in [3.63, 3.8) is 0 Å². The van der Waals surface area contributed by atoms with Gasteiger partial charge >= 0.3 is 0 Å². The average Bonchev–Trinajstić information content (AvgIpc) is 2.79. The van der Waals surface area contributed by atoms with Gasteiger partial charge in [0, 0.05) is 6.04 Å². The quantitative estimate of drug-likeness (QED) is 0.817. The molecule has 1 aliphatic rings. The standard InChI is InChI=1S/C12H17NO2/c1-14-11-6-2-3-7-12(11)15-9-10-5-4-8-13-10/h2-3,6-7,10,13H,4-5,8-9H2,1H3. The molecule has 1 saturated heterocycles. The molecule has 0 spiro atoms. The second-order valence-corrected chi connectivity index (χ2v) is 3.76. The zero-order valence-electron chi connectivity index (χ0n) is 9.03.